The van der Waals surface area contributed by atoms with E-state index in [1.165, 1.54) is 6.08 Å². The molecule has 2 amide bonds. The van der Waals surface area contributed by atoms with Gasteiger partial charge >= 0.3 is 5.97 Å². The highest BCUT2D eigenvalue weighted by molar-refractivity contribution is 8.02. The van der Waals surface area contributed by atoms with Crippen LogP contribution in [0.2, 0.25) is 5.02 Å². The second kappa shape index (κ2) is 10.8. The van der Waals surface area contributed by atoms with E-state index in [0.717, 1.165) is 0 Å². The number of nitrogens with zero attached hydrogens (tertiary/aromatic N) is 2. The number of rotatable bonds is 10. The summed E-state index contributed by atoms with van der Waals surface area (Å²) in [6, 6.07) is 5.53. The quantitative estimate of drug-likeness (QED) is 0.353. The van der Waals surface area contributed by atoms with Crippen LogP contribution >= 0.6 is 23.4 Å². The lowest BCUT2D eigenvalue weighted by molar-refractivity contribution is -0.154. The van der Waals surface area contributed by atoms with Gasteiger partial charge in [-0.1, -0.05) is 51.1 Å². The predicted octanol–water partition coefficient (Wildman–Crippen LogP) is 3.94. The first-order valence-electron chi connectivity index (χ1n) is 12.7. The predicted molar refractivity (Wildman–Crippen MR) is 146 cm³/mol. The number of carbonyl (C=O) groups is 3. The monoisotopic (exact) mass is 546 g/mol. The molecule has 3 aliphatic rings. The number of anilines is 1. The molecule has 7 atom stereocenters. The second-order valence-corrected chi connectivity index (χ2v) is 12.4. The highest BCUT2D eigenvalue weighted by Crippen LogP contribution is 2.69. The fraction of sp³-hybridized carbons (Fsp3) is 0.536. The Morgan fingerprint density at radius 2 is 1.97 bits per heavy atom. The fourth-order valence-electron chi connectivity index (χ4n) is 6.44. The molecule has 1 spiro atoms. The summed E-state index contributed by atoms with van der Waals surface area (Å²) in [5.41, 5.74) is 0.638. The van der Waals surface area contributed by atoms with Gasteiger partial charge in [-0.2, -0.15) is 0 Å². The standard InChI is InChI=1S/C28H35ClN2O5S/c1-6-12-30(19-10-8-18(29)9-11-19)26(34)24-28-17(5)14-21(37-28)22(27(35)36-13-7-2)23(28)25(33)31(24)20(15-32)16(3)4/h6-11,16-17,20-24,32H,1-2,12-15H2,3-5H3/t17?,20-,21+,22-,23-,24?,28?/m0/s1. The lowest BCUT2D eigenvalue weighted by Crippen LogP contribution is -2.60. The van der Waals surface area contributed by atoms with Crippen molar-refractivity contribution in [2.24, 2.45) is 23.7 Å². The highest BCUT2D eigenvalue weighted by atomic mass is 35.5. The second-order valence-electron chi connectivity index (χ2n) is 10.4. The van der Waals surface area contributed by atoms with E-state index in [-0.39, 0.29) is 48.7 Å². The Labute approximate surface area is 227 Å². The van der Waals surface area contributed by atoms with E-state index in [1.807, 2.05) is 13.8 Å². The normalized spacial score (nSPS) is 30.8. The summed E-state index contributed by atoms with van der Waals surface area (Å²) in [4.78, 5) is 45.2. The zero-order valence-corrected chi connectivity index (χ0v) is 23.1. The number of halogens is 1. The molecule has 4 rings (SSSR count). The summed E-state index contributed by atoms with van der Waals surface area (Å²) in [5.74, 6) is -2.40. The van der Waals surface area contributed by atoms with Gasteiger partial charge in [0.2, 0.25) is 5.91 Å². The number of fused-ring (bicyclic) bond motifs is 1. The molecule has 2 bridgehead atoms. The van der Waals surface area contributed by atoms with Crippen LogP contribution in [-0.2, 0) is 19.1 Å². The summed E-state index contributed by atoms with van der Waals surface area (Å²) in [6.45, 7) is 13.4. The Balaban J connectivity index is 1.85. The summed E-state index contributed by atoms with van der Waals surface area (Å²) in [6.07, 6.45) is 3.85. The van der Waals surface area contributed by atoms with Gasteiger partial charge in [-0.3, -0.25) is 14.4 Å². The number of thioether (sulfide) groups is 1. The third kappa shape index (κ3) is 4.41. The third-order valence-corrected chi connectivity index (χ3v) is 10.4. The number of aliphatic hydroxyl groups excluding tert-OH is 1. The Hall–Kier alpha value is -2.29. The smallest absolute Gasteiger partial charge is 0.311 e. The Bertz CT molecular complexity index is 1080. The van der Waals surface area contributed by atoms with Gasteiger partial charge in [0.1, 0.15) is 12.6 Å². The van der Waals surface area contributed by atoms with Gasteiger partial charge in [0.05, 0.1) is 29.2 Å². The van der Waals surface area contributed by atoms with Gasteiger partial charge in [0, 0.05) is 22.5 Å². The van der Waals surface area contributed by atoms with Crippen LogP contribution in [0, 0.1) is 23.7 Å². The van der Waals surface area contributed by atoms with Gasteiger partial charge < -0.3 is 19.6 Å². The minimum Gasteiger partial charge on any atom is -0.461 e. The first kappa shape index (κ1) is 27.7. The number of hydrogen-bond donors (Lipinski definition) is 1. The Morgan fingerprint density at radius 3 is 2.54 bits per heavy atom. The van der Waals surface area contributed by atoms with Gasteiger partial charge in [0.15, 0.2) is 0 Å². The zero-order chi connectivity index (χ0) is 27.1. The zero-order valence-electron chi connectivity index (χ0n) is 21.5. The van der Waals surface area contributed by atoms with Crippen LogP contribution in [0.5, 0.6) is 0 Å². The van der Waals surface area contributed by atoms with Gasteiger partial charge in [-0.25, -0.2) is 0 Å². The van der Waals surface area contributed by atoms with E-state index in [4.69, 9.17) is 16.3 Å². The van der Waals surface area contributed by atoms with Crippen LogP contribution in [0.15, 0.2) is 49.6 Å². The molecule has 1 N–H and O–H groups in total. The van der Waals surface area contributed by atoms with E-state index in [9.17, 15) is 19.5 Å². The molecule has 0 aromatic heterocycles. The number of benzene rings is 1. The molecule has 200 valence electrons. The van der Waals surface area contributed by atoms with Crippen LogP contribution in [0.4, 0.5) is 5.69 Å². The van der Waals surface area contributed by atoms with Crippen molar-refractivity contribution in [1.29, 1.82) is 0 Å². The molecule has 7 nitrogen and oxygen atoms in total. The maximum atomic E-state index is 14.6. The summed E-state index contributed by atoms with van der Waals surface area (Å²) in [7, 11) is 0. The van der Waals surface area contributed by atoms with Crippen molar-refractivity contribution in [3.63, 3.8) is 0 Å². The van der Waals surface area contributed by atoms with Gasteiger partial charge in [-0.05, 0) is 42.5 Å². The number of hydrogen-bond acceptors (Lipinski definition) is 6. The molecular formula is C28H35ClN2O5S. The minimum absolute atomic E-state index is 0.00107. The van der Waals surface area contributed by atoms with E-state index in [0.29, 0.717) is 17.1 Å². The Morgan fingerprint density at radius 1 is 1.30 bits per heavy atom. The SMILES string of the molecule is C=CCOC(=O)[C@@H]1[C@H]2C(=O)N([C@@H](CO)C(C)C)C(C(=O)N(CC=C)c3ccc(Cl)cc3)C23S[C@@H]1CC3C. The first-order chi connectivity index (χ1) is 17.6. The van der Waals surface area contributed by atoms with Gasteiger partial charge in [0.25, 0.3) is 5.91 Å². The van der Waals surface area contributed by atoms with E-state index in [2.05, 4.69) is 20.1 Å². The molecule has 1 aromatic rings. The van der Waals surface area contributed by atoms with Crippen molar-refractivity contribution < 1.29 is 24.2 Å². The van der Waals surface area contributed by atoms with E-state index in [1.54, 1.807) is 51.9 Å². The van der Waals surface area contributed by atoms with Crippen LogP contribution in [-0.4, -0.2) is 69.6 Å². The van der Waals surface area contributed by atoms with Crippen molar-refractivity contribution in [3.8, 4) is 0 Å². The van der Waals surface area contributed by atoms with E-state index < -0.39 is 34.6 Å². The van der Waals surface area contributed by atoms with E-state index >= 15 is 0 Å². The molecule has 0 aliphatic carbocycles. The molecule has 37 heavy (non-hydrogen) atoms. The van der Waals surface area contributed by atoms with Crippen LogP contribution in [0.3, 0.4) is 0 Å². The number of carbonyl (C=O) groups excluding carboxylic acids is 3. The third-order valence-electron chi connectivity index (χ3n) is 8.06. The van der Waals surface area contributed by atoms with Crippen LogP contribution in [0.1, 0.15) is 27.2 Å². The largest absolute Gasteiger partial charge is 0.461 e. The molecule has 9 heteroatoms. The Kier molecular flexibility index (Phi) is 8.12. The van der Waals surface area contributed by atoms with Crippen LogP contribution < -0.4 is 4.90 Å². The first-order valence-corrected chi connectivity index (χ1v) is 14.0. The average Bonchev–Trinajstić information content (AvgIpc) is 3.46. The topological polar surface area (TPSA) is 87.1 Å². The minimum atomic E-state index is -0.859. The summed E-state index contributed by atoms with van der Waals surface area (Å²) in [5, 5.41) is 10.8. The summed E-state index contributed by atoms with van der Waals surface area (Å²) >= 11 is 7.68. The maximum Gasteiger partial charge on any atom is 0.311 e. The lowest BCUT2D eigenvalue weighted by Gasteiger charge is -2.42. The number of aliphatic hydroxyl groups is 1. The van der Waals surface area contributed by atoms with Crippen molar-refractivity contribution in [2.45, 2.75) is 49.3 Å². The lowest BCUT2D eigenvalue weighted by atomic mass is 9.66. The molecule has 1 aromatic carbocycles. The highest BCUT2D eigenvalue weighted by Gasteiger charge is 2.77. The van der Waals surface area contributed by atoms with Crippen molar-refractivity contribution in [1.82, 2.24) is 4.90 Å². The van der Waals surface area contributed by atoms with Crippen LogP contribution in [0.25, 0.3) is 0 Å². The number of ether oxygens (including phenoxy) is 1. The molecule has 3 heterocycles. The summed E-state index contributed by atoms with van der Waals surface area (Å²) < 4.78 is 4.62. The van der Waals surface area contributed by atoms with Crippen molar-refractivity contribution in [3.05, 3.63) is 54.6 Å². The number of amides is 2. The molecule has 0 radical (unpaired) electrons. The molecule has 3 fully saturated rings. The molecule has 0 saturated carbocycles. The molecule has 3 saturated heterocycles. The van der Waals surface area contributed by atoms with Crippen molar-refractivity contribution >= 4 is 46.8 Å². The van der Waals surface area contributed by atoms with Crippen molar-refractivity contribution in [2.75, 3.05) is 24.7 Å². The van der Waals surface area contributed by atoms with Gasteiger partial charge in [-0.15, -0.1) is 18.3 Å². The molecule has 3 aliphatic heterocycles. The molecule has 3 unspecified atom stereocenters. The molecular weight excluding hydrogens is 512 g/mol. The average molecular weight is 547 g/mol. The maximum absolute atomic E-state index is 14.6. The fourth-order valence-corrected chi connectivity index (χ4v) is 8.96. The number of esters is 1. The number of likely N-dealkylation sites (tertiary alicyclic amines) is 1.